The predicted molar refractivity (Wildman–Crippen MR) is 95.8 cm³/mol. The van der Waals surface area contributed by atoms with Gasteiger partial charge in [-0.15, -0.1) is 11.3 Å². The van der Waals surface area contributed by atoms with Gasteiger partial charge in [0.15, 0.2) is 0 Å². The standard InChI is InChI=1S/C17H22N2O4S2/c20-17(18-9-1-4-15-5-2-12-23-15)14-7-10-19(11-8-14)25(21,22)16-6-3-13-24-16/h2-3,5-6,12-14H,1,4,7-11H2,(H,18,20). The van der Waals surface area contributed by atoms with Crippen LogP contribution < -0.4 is 5.32 Å². The SMILES string of the molecule is O=C(NCCCc1ccco1)C1CCN(S(=O)(=O)c2cccs2)CC1. The molecule has 3 rings (SSSR count). The van der Waals surface area contributed by atoms with Crippen LogP contribution in [0.1, 0.15) is 25.0 Å². The van der Waals surface area contributed by atoms with E-state index in [0.29, 0.717) is 36.7 Å². The molecule has 2 aromatic rings. The van der Waals surface area contributed by atoms with Crippen LogP contribution in [0.4, 0.5) is 0 Å². The summed E-state index contributed by atoms with van der Waals surface area (Å²) in [5.41, 5.74) is 0. The Morgan fingerprint density at radius 2 is 2.08 bits per heavy atom. The summed E-state index contributed by atoms with van der Waals surface area (Å²) in [6.07, 6.45) is 4.39. The normalized spacial score (nSPS) is 16.8. The van der Waals surface area contributed by atoms with E-state index >= 15 is 0 Å². The van der Waals surface area contributed by atoms with Crippen LogP contribution in [0.2, 0.25) is 0 Å². The number of carbonyl (C=O) groups excluding carboxylic acids is 1. The van der Waals surface area contributed by atoms with Crippen molar-refractivity contribution in [2.45, 2.75) is 29.9 Å². The second-order valence-corrected chi connectivity index (χ2v) is 9.20. The lowest BCUT2D eigenvalue weighted by molar-refractivity contribution is -0.126. The summed E-state index contributed by atoms with van der Waals surface area (Å²) in [5, 5.41) is 4.71. The van der Waals surface area contributed by atoms with Crippen LogP contribution in [0.15, 0.2) is 44.5 Å². The molecule has 0 unspecified atom stereocenters. The summed E-state index contributed by atoms with van der Waals surface area (Å²) in [7, 11) is -3.40. The summed E-state index contributed by atoms with van der Waals surface area (Å²) in [6.45, 7) is 1.39. The molecule has 1 fully saturated rings. The average Bonchev–Trinajstić information content (AvgIpc) is 3.32. The number of rotatable bonds is 7. The summed E-state index contributed by atoms with van der Waals surface area (Å²) >= 11 is 1.23. The summed E-state index contributed by atoms with van der Waals surface area (Å²) in [4.78, 5) is 12.2. The van der Waals surface area contributed by atoms with E-state index in [1.165, 1.54) is 15.6 Å². The average molecular weight is 383 g/mol. The van der Waals surface area contributed by atoms with E-state index in [-0.39, 0.29) is 11.8 Å². The third-order valence-electron chi connectivity index (χ3n) is 4.39. The monoisotopic (exact) mass is 382 g/mol. The number of carbonyl (C=O) groups is 1. The number of nitrogens with zero attached hydrogens (tertiary/aromatic N) is 1. The lowest BCUT2D eigenvalue weighted by Crippen LogP contribution is -2.43. The molecule has 3 heterocycles. The fourth-order valence-corrected chi connectivity index (χ4v) is 5.58. The van der Waals surface area contributed by atoms with Crippen LogP contribution in [0, 0.1) is 5.92 Å². The van der Waals surface area contributed by atoms with Gasteiger partial charge in [0, 0.05) is 32.0 Å². The van der Waals surface area contributed by atoms with Crippen LogP contribution in [-0.2, 0) is 21.2 Å². The van der Waals surface area contributed by atoms with E-state index < -0.39 is 10.0 Å². The molecule has 2 aromatic heterocycles. The Kier molecular flexibility index (Phi) is 5.93. The lowest BCUT2D eigenvalue weighted by atomic mass is 9.97. The number of nitrogens with one attached hydrogen (secondary N) is 1. The first-order valence-electron chi connectivity index (χ1n) is 8.41. The van der Waals surface area contributed by atoms with Crippen molar-refractivity contribution in [3.05, 3.63) is 41.7 Å². The van der Waals surface area contributed by atoms with Gasteiger partial charge >= 0.3 is 0 Å². The molecule has 8 heteroatoms. The maximum absolute atomic E-state index is 12.5. The molecule has 1 saturated heterocycles. The first-order valence-corrected chi connectivity index (χ1v) is 10.7. The molecule has 1 N–H and O–H groups in total. The van der Waals surface area contributed by atoms with E-state index in [1.807, 2.05) is 12.1 Å². The van der Waals surface area contributed by atoms with Gasteiger partial charge in [0.2, 0.25) is 5.91 Å². The molecule has 1 amide bonds. The van der Waals surface area contributed by atoms with Crippen LogP contribution in [0.3, 0.4) is 0 Å². The molecular formula is C17H22N2O4S2. The summed E-state index contributed by atoms with van der Waals surface area (Å²) in [5.74, 6) is 0.826. The number of hydrogen-bond acceptors (Lipinski definition) is 5. The Morgan fingerprint density at radius 1 is 1.28 bits per heavy atom. The van der Waals surface area contributed by atoms with Crippen LogP contribution in [0.25, 0.3) is 0 Å². The highest BCUT2D eigenvalue weighted by molar-refractivity contribution is 7.91. The zero-order chi connectivity index (χ0) is 17.7. The van der Waals surface area contributed by atoms with Crippen molar-refractivity contribution >= 4 is 27.3 Å². The molecule has 0 aromatic carbocycles. The molecule has 0 saturated carbocycles. The topological polar surface area (TPSA) is 79.6 Å². The van der Waals surface area contributed by atoms with Gasteiger partial charge in [-0.05, 0) is 42.8 Å². The van der Waals surface area contributed by atoms with Gasteiger partial charge in [0.1, 0.15) is 9.97 Å². The first-order chi connectivity index (χ1) is 12.1. The number of aryl methyl sites for hydroxylation is 1. The molecule has 0 aliphatic carbocycles. The Morgan fingerprint density at radius 3 is 2.72 bits per heavy atom. The van der Waals surface area contributed by atoms with Gasteiger partial charge in [-0.1, -0.05) is 6.07 Å². The first kappa shape index (κ1) is 18.2. The van der Waals surface area contributed by atoms with E-state index in [1.54, 1.807) is 23.8 Å². The third kappa shape index (κ3) is 4.50. The van der Waals surface area contributed by atoms with Crippen molar-refractivity contribution in [1.82, 2.24) is 9.62 Å². The smallest absolute Gasteiger partial charge is 0.252 e. The largest absolute Gasteiger partial charge is 0.469 e. The van der Waals surface area contributed by atoms with Crippen LogP contribution >= 0.6 is 11.3 Å². The van der Waals surface area contributed by atoms with Gasteiger partial charge in [0.25, 0.3) is 10.0 Å². The molecule has 0 bridgehead atoms. The minimum absolute atomic E-state index is 0.0209. The minimum Gasteiger partial charge on any atom is -0.469 e. The molecule has 0 spiro atoms. The van der Waals surface area contributed by atoms with Crippen molar-refractivity contribution in [3.8, 4) is 0 Å². The van der Waals surface area contributed by atoms with E-state index in [2.05, 4.69) is 5.32 Å². The second-order valence-electron chi connectivity index (χ2n) is 6.08. The van der Waals surface area contributed by atoms with Crippen molar-refractivity contribution in [2.24, 2.45) is 5.92 Å². The molecule has 136 valence electrons. The third-order valence-corrected chi connectivity index (χ3v) is 7.66. The number of sulfonamides is 1. The zero-order valence-electron chi connectivity index (χ0n) is 13.9. The molecule has 1 aliphatic heterocycles. The van der Waals surface area contributed by atoms with Crippen molar-refractivity contribution < 1.29 is 17.6 Å². The Labute approximate surface area is 151 Å². The number of furan rings is 1. The lowest BCUT2D eigenvalue weighted by Gasteiger charge is -2.30. The number of thiophene rings is 1. The molecule has 6 nitrogen and oxygen atoms in total. The fraction of sp³-hybridized carbons (Fsp3) is 0.471. The molecule has 1 aliphatic rings. The highest BCUT2D eigenvalue weighted by atomic mass is 32.2. The second kappa shape index (κ2) is 8.16. The van der Waals surface area contributed by atoms with Crippen molar-refractivity contribution in [3.63, 3.8) is 0 Å². The zero-order valence-corrected chi connectivity index (χ0v) is 15.5. The minimum atomic E-state index is -3.40. The van der Waals surface area contributed by atoms with Gasteiger partial charge in [-0.3, -0.25) is 4.79 Å². The van der Waals surface area contributed by atoms with Gasteiger partial charge < -0.3 is 9.73 Å². The highest BCUT2D eigenvalue weighted by Crippen LogP contribution is 2.26. The summed E-state index contributed by atoms with van der Waals surface area (Å²) < 4.78 is 32.1. The van der Waals surface area contributed by atoms with E-state index in [9.17, 15) is 13.2 Å². The highest BCUT2D eigenvalue weighted by Gasteiger charge is 2.32. The van der Waals surface area contributed by atoms with Crippen LogP contribution in [0.5, 0.6) is 0 Å². The van der Waals surface area contributed by atoms with E-state index in [0.717, 1.165) is 18.6 Å². The maximum Gasteiger partial charge on any atom is 0.252 e. The number of piperidine rings is 1. The Balaban J connectivity index is 1.41. The Hall–Kier alpha value is -1.64. The van der Waals surface area contributed by atoms with Crippen molar-refractivity contribution in [1.29, 1.82) is 0 Å². The molecule has 0 atom stereocenters. The van der Waals surface area contributed by atoms with Crippen molar-refractivity contribution in [2.75, 3.05) is 19.6 Å². The quantitative estimate of drug-likeness (QED) is 0.746. The van der Waals surface area contributed by atoms with Gasteiger partial charge in [-0.25, -0.2) is 8.42 Å². The molecular weight excluding hydrogens is 360 g/mol. The Bertz CT molecular complexity index is 762. The maximum atomic E-state index is 12.5. The molecule has 0 radical (unpaired) electrons. The predicted octanol–water partition coefficient (Wildman–Crippen LogP) is 2.49. The fourth-order valence-electron chi connectivity index (χ4n) is 2.97. The summed E-state index contributed by atoms with van der Waals surface area (Å²) in [6, 6.07) is 7.13. The van der Waals surface area contributed by atoms with Gasteiger partial charge in [0.05, 0.1) is 6.26 Å². The van der Waals surface area contributed by atoms with Gasteiger partial charge in [-0.2, -0.15) is 4.31 Å². The number of hydrogen-bond donors (Lipinski definition) is 1. The van der Waals surface area contributed by atoms with E-state index in [4.69, 9.17) is 4.42 Å². The van der Waals surface area contributed by atoms with Crippen LogP contribution in [-0.4, -0.2) is 38.3 Å². The number of amides is 1. The molecule has 25 heavy (non-hydrogen) atoms.